The lowest BCUT2D eigenvalue weighted by Crippen LogP contribution is -2.44. The third-order valence-corrected chi connectivity index (χ3v) is 5.70. The standard InChI is InChI=1S/C17H21NO2S/c1-2-12-7-8-15(21-12)16(19)17(11-18)9-10-20-14-6-4-3-5-13(14)17/h3-8,16,19H,2,9-11,18H2,1H3. The Labute approximate surface area is 129 Å². The van der Waals surface area contributed by atoms with Crippen LogP contribution in [0.2, 0.25) is 0 Å². The molecule has 3 nitrogen and oxygen atoms in total. The highest BCUT2D eigenvalue weighted by Crippen LogP contribution is 2.47. The van der Waals surface area contributed by atoms with Crippen molar-refractivity contribution in [3.63, 3.8) is 0 Å². The van der Waals surface area contributed by atoms with Gasteiger partial charge in [-0.25, -0.2) is 0 Å². The van der Waals surface area contributed by atoms with E-state index in [4.69, 9.17) is 10.5 Å². The van der Waals surface area contributed by atoms with Crippen LogP contribution in [0.5, 0.6) is 5.75 Å². The first kappa shape index (κ1) is 14.6. The predicted octanol–water partition coefficient (Wildman–Crippen LogP) is 3.02. The normalized spacial score (nSPS) is 22.4. The number of ether oxygens (including phenoxy) is 1. The first-order chi connectivity index (χ1) is 10.2. The summed E-state index contributed by atoms with van der Waals surface area (Å²) in [6.45, 7) is 3.13. The fraction of sp³-hybridized carbons (Fsp3) is 0.412. The maximum atomic E-state index is 11.0. The highest BCUT2D eigenvalue weighted by Gasteiger charge is 2.44. The Hall–Kier alpha value is -1.36. The molecule has 0 radical (unpaired) electrons. The second kappa shape index (κ2) is 5.79. The van der Waals surface area contributed by atoms with Crippen LogP contribution in [0.4, 0.5) is 0 Å². The van der Waals surface area contributed by atoms with Crippen molar-refractivity contribution in [2.75, 3.05) is 13.2 Å². The van der Waals surface area contributed by atoms with Crippen molar-refractivity contribution in [2.24, 2.45) is 5.73 Å². The van der Waals surface area contributed by atoms with E-state index in [1.807, 2.05) is 30.3 Å². The van der Waals surface area contributed by atoms with Crippen molar-refractivity contribution in [3.8, 4) is 5.75 Å². The smallest absolute Gasteiger partial charge is 0.123 e. The molecule has 0 bridgehead atoms. The van der Waals surface area contributed by atoms with Gasteiger partial charge in [0, 0.05) is 27.3 Å². The predicted molar refractivity (Wildman–Crippen MR) is 85.9 cm³/mol. The van der Waals surface area contributed by atoms with E-state index < -0.39 is 11.5 Å². The first-order valence-electron chi connectivity index (χ1n) is 7.40. The Kier molecular flexibility index (Phi) is 4.02. The summed E-state index contributed by atoms with van der Waals surface area (Å²) < 4.78 is 5.73. The minimum absolute atomic E-state index is 0.411. The Morgan fingerprint density at radius 1 is 1.33 bits per heavy atom. The van der Waals surface area contributed by atoms with Crippen molar-refractivity contribution in [1.29, 1.82) is 0 Å². The third-order valence-electron chi connectivity index (χ3n) is 4.42. The topological polar surface area (TPSA) is 55.5 Å². The summed E-state index contributed by atoms with van der Waals surface area (Å²) in [4.78, 5) is 2.28. The average Bonchev–Trinajstić information content (AvgIpc) is 3.02. The van der Waals surface area contributed by atoms with Gasteiger partial charge in [0.25, 0.3) is 0 Å². The highest BCUT2D eigenvalue weighted by molar-refractivity contribution is 7.12. The molecule has 0 amide bonds. The molecule has 21 heavy (non-hydrogen) atoms. The van der Waals surface area contributed by atoms with Crippen molar-refractivity contribution in [1.82, 2.24) is 0 Å². The number of fused-ring (bicyclic) bond motifs is 1. The monoisotopic (exact) mass is 303 g/mol. The molecule has 2 atom stereocenters. The van der Waals surface area contributed by atoms with E-state index in [-0.39, 0.29) is 0 Å². The zero-order valence-corrected chi connectivity index (χ0v) is 13.0. The Bertz CT molecular complexity index is 625. The van der Waals surface area contributed by atoms with E-state index in [9.17, 15) is 5.11 Å². The third kappa shape index (κ3) is 2.37. The van der Waals surface area contributed by atoms with Crippen LogP contribution in [0, 0.1) is 0 Å². The maximum absolute atomic E-state index is 11.0. The van der Waals surface area contributed by atoms with Crippen molar-refractivity contribution in [3.05, 3.63) is 51.7 Å². The molecule has 1 aromatic heterocycles. The maximum Gasteiger partial charge on any atom is 0.123 e. The van der Waals surface area contributed by atoms with Crippen LogP contribution in [0.25, 0.3) is 0 Å². The molecule has 0 fully saturated rings. The van der Waals surface area contributed by atoms with E-state index in [2.05, 4.69) is 13.0 Å². The Morgan fingerprint density at radius 3 is 2.86 bits per heavy atom. The lowest BCUT2D eigenvalue weighted by atomic mass is 9.71. The van der Waals surface area contributed by atoms with Crippen LogP contribution in [-0.2, 0) is 11.8 Å². The quantitative estimate of drug-likeness (QED) is 0.913. The fourth-order valence-electron chi connectivity index (χ4n) is 3.09. The van der Waals surface area contributed by atoms with Gasteiger partial charge in [0.2, 0.25) is 0 Å². The first-order valence-corrected chi connectivity index (χ1v) is 8.22. The number of hydrogen-bond acceptors (Lipinski definition) is 4. The summed E-state index contributed by atoms with van der Waals surface area (Å²) in [6.07, 6.45) is 1.14. The molecule has 2 heterocycles. The average molecular weight is 303 g/mol. The zero-order chi connectivity index (χ0) is 14.9. The Balaban J connectivity index is 2.04. The molecule has 1 aliphatic rings. The van der Waals surface area contributed by atoms with Crippen molar-refractivity contribution < 1.29 is 9.84 Å². The van der Waals surface area contributed by atoms with E-state index in [0.29, 0.717) is 13.2 Å². The number of thiophene rings is 1. The van der Waals surface area contributed by atoms with E-state index in [1.54, 1.807) is 11.3 Å². The molecule has 0 saturated heterocycles. The van der Waals surface area contributed by atoms with Gasteiger partial charge in [-0.3, -0.25) is 0 Å². The highest BCUT2D eigenvalue weighted by atomic mass is 32.1. The number of aliphatic hydroxyl groups is 1. The van der Waals surface area contributed by atoms with Crippen LogP contribution < -0.4 is 10.5 Å². The summed E-state index contributed by atoms with van der Waals surface area (Å²) in [5.41, 5.74) is 6.69. The zero-order valence-electron chi connectivity index (χ0n) is 12.2. The molecule has 1 aliphatic heterocycles. The molecular formula is C17H21NO2S. The van der Waals surface area contributed by atoms with Crippen molar-refractivity contribution >= 4 is 11.3 Å². The lowest BCUT2D eigenvalue weighted by molar-refractivity contribution is 0.0561. The number of aliphatic hydroxyl groups excluding tert-OH is 1. The van der Waals surface area contributed by atoms with Crippen LogP contribution in [0.3, 0.4) is 0 Å². The van der Waals surface area contributed by atoms with E-state index in [1.165, 1.54) is 4.88 Å². The second-order valence-electron chi connectivity index (χ2n) is 5.52. The minimum Gasteiger partial charge on any atom is -0.493 e. The van der Waals surface area contributed by atoms with Gasteiger partial charge in [0.15, 0.2) is 0 Å². The number of aryl methyl sites for hydroxylation is 1. The molecule has 3 rings (SSSR count). The van der Waals surface area contributed by atoms with Gasteiger partial charge in [0.05, 0.1) is 12.7 Å². The SMILES string of the molecule is CCc1ccc(C(O)C2(CN)CCOc3ccccc32)s1. The molecule has 0 spiro atoms. The number of benzene rings is 1. The van der Waals surface area contributed by atoms with Gasteiger partial charge in [-0.2, -0.15) is 0 Å². The fourth-order valence-corrected chi connectivity index (χ4v) is 4.15. The molecule has 2 aromatic rings. The van der Waals surface area contributed by atoms with Gasteiger partial charge in [-0.05, 0) is 31.0 Å². The van der Waals surface area contributed by atoms with Gasteiger partial charge in [-0.15, -0.1) is 11.3 Å². The molecule has 4 heteroatoms. The van der Waals surface area contributed by atoms with Crippen molar-refractivity contribution in [2.45, 2.75) is 31.3 Å². The van der Waals surface area contributed by atoms with E-state index in [0.717, 1.165) is 29.0 Å². The van der Waals surface area contributed by atoms with E-state index >= 15 is 0 Å². The van der Waals surface area contributed by atoms with Crippen LogP contribution >= 0.6 is 11.3 Å². The molecule has 0 aliphatic carbocycles. The molecule has 3 N–H and O–H groups in total. The van der Waals surface area contributed by atoms with Gasteiger partial charge >= 0.3 is 0 Å². The molecule has 1 aromatic carbocycles. The molecular weight excluding hydrogens is 282 g/mol. The summed E-state index contributed by atoms with van der Waals surface area (Å²) in [5.74, 6) is 0.848. The molecule has 0 saturated carbocycles. The number of rotatable bonds is 4. The Morgan fingerprint density at radius 2 is 2.14 bits per heavy atom. The minimum atomic E-state index is -0.585. The summed E-state index contributed by atoms with van der Waals surface area (Å²) >= 11 is 1.68. The summed E-state index contributed by atoms with van der Waals surface area (Å²) in [5, 5.41) is 11.0. The summed E-state index contributed by atoms with van der Waals surface area (Å²) in [6, 6.07) is 12.0. The molecule has 2 unspecified atom stereocenters. The number of nitrogens with two attached hydrogens (primary N) is 1. The lowest BCUT2D eigenvalue weighted by Gasteiger charge is -2.41. The van der Waals surface area contributed by atoms with Gasteiger partial charge < -0.3 is 15.6 Å². The van der Waals surface area contributed by atoms with Gasteiger partial charge in [-0.1, -0.05) is 25.1 Å². The largest absolute Gasteiger partial charge is 0.493 e. The number of hydrogen-bond donors (Lipinski definition) is 2. The number of para-hydroxylation sites is 1. The van der Waals surface area contributed by atoms with Crippen LogP contribution in [0.15, 0.2) is 36.4 Å². The van der Waals surface area contributed by atoms with Gasteiger partial charge in [0.1, 0.15) is 5.75 Å². The summed E-state index contributed by atoms with van der Waals surface area (Å²) in [7, 11) is 0. The second-order valence-corrected chi connectivity index (χ2v) is 6.71. The van der Waals surface area contributed by atoms with Crippen LogP contribution in [-0.4, -0.2) is 18.3 Å². The van der Waals surface area contributed by atoms with Crippen LogP contribution in [0.1, 0.15) is 34.8 Å². The molecule has 112 valence electrons.